The maximum absolute atomic E-state index is 11.9. The molecule has 7 nitrogen and oxygen atoms in total. The fraction of sp³-hybridized carbons (Fsp3) is 0.286. The number of hydrogen-bond acceptors (Lipinski definition) is 5. The first-order valence-corrected chi connectivity index (χ1v) is 6.27. The lowest BCUT2D eigenvalue weighted by Crippen LogP contribution is -2.34. The number of methoxy groups -OCH3 is 1. The maximum Gasteiger partial charge on any atom is 0.336 e. The summed E-state index contributed by atoms with van der Waals surface area (Å²) in [5.74, 6) is -1.34. The molecule has 110 valence electrons. The molecule has 1 aromatic rings. The summed E-state index contributed by atoms with van der Waals surface area (Å²) in [5.41, 5.74) is 1.19. The second-order valence-electron chi connectivity index (χ2n) is 4.69. The number of amides is 1. The van der Waals surface area contributed by atoms with Gasteiger partial charge in [0.2, 0.25) is 5.91 Å². The van der Waals surface area contributed by atoms with Gasteiger partial charge in [-0.1, -0.05) is 12.1 Å². The summed E-state index contributed by atoms with van der Waals surface area (Å²) in [5, 5.41) is 13.4. The highest BCUT2D eigenvalue weighted by molar-refractivity contribution is 5.95. The molecule has 0 aromatic heterocycles. The zero-order valence-electron chi connectivity index (χ0n) is 11.6. The third-order valence-corrected chi connectivity index (χ3v) is 3.36. The van der Waals surface area contributed by atoms with E-state index in [9.17, 15) is 19.7 Å². The third-order valence-electron chi connectivity index (χ3n) is 3.36. The number of benzene rings is 1. The fourth-order valence-corrected chi connectivity index (χ4v) is 2.42. The molecule has 0 saturated heterocycles. The van der Waals surface area contributed by atoms with Crippen molar-refractivity contribution in [2.45, 2.75) is 19.3 Å². The van der Waals surface area contributed by atoms with Crippen molar-refractivity contribution in [2.75, 3.05) is 7.11 Å². The van der Waals surface area contributed by atoms with Gasteiger partial charge in [0.25, 0.3) is 5.69 Å². The van der Waals surface area contributed by atoms with Crippen molar-refractivity contribution in [3.8, 4) is 0 Å². The van der Waals surface area contributed by atoms with Crippen LogP contribution in [0.25, 0.3) is 0 Å². The molecule has 0 unspecified atom stereocenters. The quantitative estimate of drug-likeness (QED) is 0.518. The Morgan fingerprint density at radius 1 is 1.48 bits per heavy atom. The van der Waals surface area contributed by atoms with E-state index in [0.717, 1.165) is 0 Å². The van der Waals surface area contributed by atoms with Crippen molar-refractivity contribution >= 4 is 17.6 Å². The van der Waals surface area contributed by atoms with Crippen LogP contribution in [0.3, 0.4) is 0 Å². The van der Waals surface area contributed by atoms with Gasteiger partial charge in [0.05, 0.1) is 17.6 Å². The first-order valence-electron chi connectivity index (χ1n) is 6.27. The Kier molecular flexibility index (Phi) is 4.02. The molecule has 1 aliphatic heterocycles. The van der Waals surface area contributed by atoms with Gasteiger partial charge in [-0.15, -0.1) is 0 Å². The summed E-state index contributed by atoms with van der Waals surface area (Å²) in [4.78, 5) is 34.0. The first-order chi connectivity index (χ1) is 9.93. The van der Waals surface area contributed by atoms with E-state index in [1.54, 1.807) is 13.0 Å². The molecular weight excluding hydrogens is 276 g/mol. The monoisotopic (exact) mass is 290 g/mol. The lowest BCUT2D eigenvalue weighted by atomic mass is 9.84. The minimum atomic E-state index is -0.552. The van der Waals surface area contributed by atoms with Crippen molar-refractivity contribution in [3.05, 3.63) is 51.2 Å². The molecule has 1 aliphatic rings. The molecule has 2 rings (SSSR count). The summed E-state index contributed by atoms with van der Waals surface area (Å²) >= 11 is 0. The number of nitrogens with one attached hydrogen (secondary N) is 1. The lowest BCUT2D eigenvalue weighted by Gasteiger charge is -2.26. The van der Waals surface area contributed by atoms with Gasteiger partial charge >= 0.3 is 5.97 Å². The van der Waals surface area contributed by atoms with Crippen LogP contribution in [0.2, 0.25) is 0 Å². The summed E-state index contributed by atoms with van der Waals surface area (Å²) in [6.07, 6.45) is 0.0446. The van der Waals surface area contributed by atoms with Crippen LogP contribution in [0.4, 0.5) is 5.69 Å². The number of nitro benzene ring substituents is 1. The average Bonchev–Trinajstić information content (AvgIpc) is 2.45. The number of esters is 1. The van der Waals surface area contributed by atoms with E-state index >= 15 is 0 Å². The van der Waals surface area contributed by atoms with Gasteiger partial charge in [0, 0.05) is 30.2 Å². The molecule has 1 atom stereocenters. The van der Waals surface area contributed by atoms with E-state index in [1.807, 2.05) is 0 Å². The number of non-ortho nitro benzene ring substituents is 1. The van der Waals surface area contributed by atoms with Crippen molar-refractivity contribution in [2.24, 2.45) is 0 Å². The van der Waals surface area contributed by atoms with Crippen LogP contribution in [-0.2, 0) is 14.3 Å². The van der Waals surface area contributed by atoms with Crippen LogP contribution < -0.4 is 5.32 Å². The molecular formula is C14H14N2O5. The molecule has 0 bridgehead atoms. The predicted molar refractivity (Wildman–Crippen MR) is 73.3 cm³/mol. The van der Waals surface area contributed by atoms with Gasteiger partial charge in [0.15, 0.2) is 0 Å². The van der Waals surface area contributed by atoms with Crippen LogP contribution in [0.1, 0.15) is 24.8 Å². The topological polar surface area (TPSA) is 98.5 Å². The minimum absolute atomic E-state index is 0.0446. The summed E-state index contributed by atoms with van der Waals surface area (Å²) in [6, 6.07) is 5.93. The van der Waals surface area contributed by atoms with Gasteiger partial charge in [-0.05, 0) is 12.5 Å². The van der Waals surface area contributed by atoms with Crippen LogP contribution in [0.15, 0.2) is 35.5 Å². The number of carbonyl (C=O) groups excluding carboxylic acids is 2. The molecule has 7 heteroatoms. The van der Waals surface area contributed by atoms with E-state index in [-0.39, 0.29) is 18.0 Å². The highest BCUT2D eigenvalue weighted by Gasteiger charge is 2.32. The molecule has 1 heterocycles. The number of nitrogens with zero attached hydrogens (tertiary/aromatic N) is 1. The molecule has 1 aromatic carbocycles. The SMILES string of the molecule is COC(=O)C1=C(C)NC(=O)C[C@H]1c1cccc([N+](=O)[O-])c1. The largest absolute Gasteiger partial charge is 0.466 e. The van der Waals surface area contributed by atoms with E-state index < -0.39 is 16.8 Å². The number of hydrogen-bond donors (Lipinski definition) is 1. The number of rotatable bonds is 3. The third kappa shape index (κ3) is 2.91. The Balaban J connectivity index is 2.51. The highest BCUT2D eigenvalue weighted by atomic mass is 16.6. The molecule has 0 radical (unpaired) electrons. The predicted octanol–water partition coefficient (Wildman–Crippen LogP) is 1.65. The van der Waals surface area contributed by atoms with Crippen molar-refractivity contribution in [1.29, 1.82) is 0 Å². The van der Waals surface area contributed by atoms with Gasteiger partial charge in [0.1, 0.15) is 0 Å². The Morgan fingerprint density at radius 2 is 2.19 bits per heavy atom. The fourth-order valence-electron chi connectivity index (χ4n) is 2.42. The molecule has 21 heavy (non-hydrogen) atoms. The van der Waals surface area contributed by atoms with Gasteiger partial charge < -0.3 is 10.1 Å². The first kappa shape index (κ1) is 14.7. The van der Waals surface area contributed by atoms with Crippen LogP contribution in [-0.4, -0.2) is 23.9 Å². The Labute approximate surface area is 120 Å². The molecule has 1 amide bonds. The lowest BCUT2D eigenvalue weighted by molar-refractivity contribution is -0.384. The Hall–Kier alpha value is -2.70. The summed E-state index contributed by atoms with van der Waals surface area (Å²) < 4.78 is 4.74. The van der Waals surface area contributed by atoms with E-state index in [4.69, 9.17) is 4.74 Å². The molecule has 1 N–H and O–H groups in total. The molecule has 0 saturated carbocycles. The number of carbonyl (C=O) groups is 2. The minimum Gasteiger partial charge on any atom is -0.466 e. The summed E-state index contributed by atoms with van der Waals surface area (Å²) in [6.45, 7) is 1.60. The zero-order valence-corrected chi connectivity index (χ0v) is 11.6. The Morgan fingerprint density at radius 3 is 2.81 bits per heavy atom. The van der Waals surface area contributed by atoms with Gasteiger partial charge in [-0.2, -0.15) is 0 Å². The average molecular weight is 290 g/mol. The van der Waals surface area contributed by atoms with Crippen LogP contribution in [0, 0.1) is 10.1 Å². The van der Waals surface area contributed by atoms with E-state index in [1.165, 1.54) is 25.3 Å². The number of ether oxygens (including phenoxy) is 1. The summed E-state index contributed by atoms with van der Waals surface area (Å²) in [7, 11) is 1.25. The van der Waals surface area contributed by atoms with E-state index in [2.05, 4.69) is 5.32 Å². The zero-order chi connectivity index (χ0) is 15.6. The van der Waals surface area contributed by atoms with E-state index in [0.29, 0.717) is 16.8 Å². The standard InChI is InChI=1S/C14H14N2O5/c1-8-13(14(18)21-2)11(7-12(17)15-8)9-4-3-5-10(6-9)16(19)20/h3-6,11H,7H2,1-2H3,(H,15,17)/t11-/m0/s1. The number of allylic oxidation sites excluding steroid dienone is 1. The van der Waals surface area contributed by atoms with Crippen molar-refractivity contribution < 1.29 is 19.2 Å². The highest BCUT2D eigenvalue weighted by Crippen LogP contribution is 2.34. The van der Waals surface area contributed by atoms with Crippen LogP contribution in [0.5, 0.6) is 0 Å². The second kappa shape index (κ2) is 5.74. The van der Waals surface area contributed by atoms with Gasteiger partial charge in [-0.25, -0.2) is 4.79 Å². The van der Waals surface area contributed by atoms with Gasteiger partial charge in [-0.3, -0.25) is 14.9 Å². The second-order valence-corrected chi connectivity index (χ2v) is 4.69. The van der Waals surface area contributed by atoms with Crippen molar-refractivity contribution in [3.63, 3.8) is 0 Å². The Bertz CT molecular complexity index is 651. The normalized spacial score (nSPS) is 18.2. The smallest absolute Gasteiger partial charge is 0.336 e. The van der Waals surface area contributed by atoms with Crippen LogP contribution >= 0.6 is 0 Å². The maximum atomic E-state index is 11.9. The molecule has 0 aliphatic carbocycles. The molecule has 0 fully saturated rings. The number of nitro groups is 1. The molecule has 0 spiro atoms. The van der Waals surface area contributed by atoms with Crippen molar-refractivity contribution in [1.82, 2.24) is 5.32 Å².